The van der Waals surface area contributed by atoms with Crippen molar-refractivity contribution in [1.82, 2.24) is 4.68 Å². The first kappa shape index (κ1) is 31.2. The number of halogens is 1. The zero-order chi connectivity index (χ0) is 33.0. The summed E-state index contributed by atoms with van der Waals surface area (Å²) in [5.74, 6) is 0.922. The second kappa shape index (κ2) is 11.9. The van der Waals surface area contributed by atoms with E-state index in [9.17, 15) is 15.2 Å². The van der Waals surface area contributed by atoms with E-state index in [1.807, 2.05) is 38.7 Å². The van der Waals surface area contributed by atoms with E-state index < -0.39 is 0 Å². The molecule has 2 heterocycles. The van der Waals surface area contributed by atoms with Crippen LogP contribution >= 0.6 is 0 Å². The molecule has 1 aromatic heterocycles. The van der Waals surface area contributed by atoms with Gasteiger partial charge in [0.25, 0.3) is 0 Å². The van der Waals surface area contributed by atoms with Crippen molar-refractivity contribution in [3.8, 4) is 0 Å². The molecule has 0 spiro atoms. The molecule has 1 aliphatic heterocycles. The summed E-state index contributed by atoms with van der Waals surface area (Å²) in [7, 11) is 0. The summed E-state index contributed by atoms with van der Waals surface area (Å²) in [5.41, 5.74) is 7.71. The van der Waals surface area contributed by atoms with E-state index in [0.717, 1.165) is 55.4 Å². The summed E-state index contributed by atoms with van der Waals surface area (Å²) in [4.78, 5) is 3.75. The van der Waals surface area contributed by atoms with Gasteiger partial charge >= 0.3 is 0 Å². The van der Waals surface area contributed by atoms with Crippen LogP contribution in [0.2, 0.25) is 0 Å². The first-order valence-electron chi connectivity index (χ1n) is 16.2. The fourth-order valence-electron chi connectivity index (χ4n) is 6.69. The zero-order valence-corrected chi connectivity index (χ0v) is 28.0. The van der Waals surface area contributed by atoms with Crippen LogP contribution in [0.1, 0.15) is 101 Å². The monoisotopic (exact) mass is 614 g/mol. The van der Waals surface area contributed by atoms with Crippen LogP contribution in [0.15, 0.2) is 84.0 Å². The Morgan fingerprint density at radius 3 is 1.43 bits per heavy atom. The standard InChI is InChI=1S/C39H43FN6/c1-22(2)27-14-11-15-28(23(3)4)35(27)44-37(41)38(42)45(36-29(24(5)6)16-12-17-30(36)25(7)8)39(44)43-46-33-18-10-9-13-31(33)32-21-26(40)19-20-34(32)46/h9-25,41-42H,1-8H3. The van der Waals surface area contributed by atoms with Gasteiger partial charge in [-0.25, -0.2) is 9.07 Å². The van der Waals surface area contributed by atoms with Gasteiger partial charge in [-0.1, -0.05) is 110 Å². The van der Waals surface area contributed by atoms with E-state index in [-0.39, 0.29) is 41.2 Å². The number of hydrogen-bond donors (Lipinski definition) is 2. The Balaban J connectivity index is 1.77. The molecule has 0 aliphatic carbocycles. The molecule has 236 valence electrons. The molecule has 1 saturated heterocycles. The van der Waals surface area contributed by atoms with Crippen LogP contribution in [0.25, 0.3) is 21.8 Å². The number of rotatable bonds is 7. The first-order chi connectivity index (χ1) is 21.9. The third kappa shape index (κ3) is 4.98. The van der Waals surface area contributed by atoms with Gasteiger partial charge in [0.05, 0.1) is 22.4 Å². The molecule has 0 atom stereocenters. The molecular formula is C39H43FN6. The molecule has 46 heavy (non-hydrogen) atoms. The maximum Gasteiger partial charge on any atom is 0.240 e. The quantitative estimate of drug-likeness (QED) is 0.191. The third-order valence-corrected chi connectivity index (χ3v) is 9.00. The van der Waals surface area contributed by atoms with Crippen LogP contribution in [-0.2, 0) is 0 Å². The number of benzene rings is 4. The molecule has 7 heteroatoms. The number of para-hydroxylation sites is 3. The van der Waals surface area contributed by atoms with Gasteiger partial charge in [0.2, 0.25) is 5.96 Å². The Morgan fingerprint density at radius 2 is 0.978 bits per heavy atom. The first-order valence-corrected chi connectivity index (χ1v) is 16.2. The van der Waals surface area contributed by atoms with E-state index >= 15 is 0 Å². The van der Waals surface area contributed by atoms with E-state index in [0.29, 0.717) is 5.96 Å². The van der Waals surface area contributed by atoms with Crippen LogP contribution in [0.3, 0.4) is 0 Å². The fourth-order valence-corrected chi connectivity index (χ4v) is 6.69. The second-order valence-corrected chi connectivity index (χ2v) is 13.4. The minimum atomic E-state index is -0.310. The molecule has 6 nitrogen and oxygen atoms in total. The molecule has 5 aromatic rings. The molecule has 0 saturated carbocycles. The topological polar surface area (TPSA) is 71.5 Å². The van der Waals surface area contributed by atoms with Crippen LogP contribution in [0.5, 0.6) is 0 Å². The van der Waals surface area contributed by atoms with E-state index in [2.05, 4.69) is 91.8 Å². The summed E-state index contributed by atoms with van der Waals surface area (Å²) in [5, 5.41) is 26.2. The molecule has 4 aromatic carbocycles. The van der Waals surface area contributed by atoms with Gasteiger partial charge in [0, 0.05) is 10.8 Å². The highest BCUT2D eigenvalue weighted by Crippen LogP contribution is 2.43. The van der Waals surface area contributed by atoms with Crippen molar-refractivity contribution in [2.45, 2.75) is 79.1 Å². The van der Waals surface area contributed by atoms with Crippen molar-refractivity contribution >= 4 is 50.8 Å². The van der Waals surface area contributed by atoms with Crippen molar-refractivity contribution in [2.24, 2.45) is 5.10 Å². The predicted octanol–water partition coefficient (Wildman–Crippen LogP) is 10.5. The van der Waals surface area contributed by atoms with E-state index in [1.165, 1.54) is 6.07 Å². The van der Waals surface area contributed by atoms with Crippen molar-refractivity contribution in [2.75, 3.05) is 9.80 Å². The lowest BCUT2D eigenvalue weighted by Crippen LogP contribution is -2.38. The number of amidine groups is 2. The molecule has 0 amide bonds. The maximum atomic E-state index is 14.6. The Kier molecular flexibility index (Phi) is 8.05. The highest BCUT2D eigenvalue weighted by atomic mass is 19.1. The van der Waals surface area contributed by atoms with Gasteiger partial charge in [-0.2, -0.15) is 0 Å². The number of nitrogens with zero attached hydrogens (tertiary/aromatic N) is 4. The van der Waals surface area contributed by atoms with Gasteiger partial charge in [-0.15, -0.1) is 5.10 Å². The van der Waals surface area contributed by atoms with Crippen molar-refractivity contribution in [3.63, 3.8) is 0 Å². The Morgan fingerprint density at radius 1 is 0.543 bits per heavy atom. The van der Waals surface area contributed by atoms with Gasteiger partial charge in [-0.3, -0.25) is 20.6 Å². The van der Waals surface area contributed by atoms with Crippen LogP contribution in [-0.4, -0.2) is 22.3 Å². The molecule has 2 N–H and O–H groups in total. The highest BCUT2D eigenvalue weighted by molar-refractivity contribution is 6.63. The SMILES string of the molecule is CC(C)c1cccc(C(C)C)c1N1C(=N)C(=N)N(c2c(C(C)C)cccc2C(C)C)C1=Nn1c2ccccc2c2cc(F)ccc21. The highest BCUT2D eigenvalue weighted by Gasteiger charge is 2.43. The van der Waals surface area contributed by atoms with E-state index in [1.54, 1.807) is 12.1 Å². The number of guanidine groups is 1. The lowest BCUT2D eigenvalue weighted by molar-refractivity contribution is 0.629. The summed E-state index contributed by atoms with van der Waals surface area (Å²) < 4.78 is 16.5. The molecule has 1 aliphatic rings. The number of hydrogen-bond acceptors (Lipinski definition) is 3. The van der Waals surface area contributed by atoms with Crippen LogP contribution in [0.4, 0.5) is 15.8 Å². The molecule has 0 unspecified atom stereocenters. The van der Waals surface area contributed by atoms with Gasteiger partial charge in [0.15, 0.2) is 11.7 Å². The van der Waals surface area contributed by atoms with Crippen LogP contribution < -0.4 is 9.80 Å². The Labute approximate surface area is 271 Å². The fraction of sp³-hybridized carbons (Fsp3) is 0.308. The molecule has 6 rings (SSSR count). The van der Waals surface area contributed by atoms with Crippen molar-refractivity contribution in [3.05, 3.63) is 107 Å². The van der Waals surface area contributed by atoms with E-state index in [4.69, 9.17) is 5.10 Å². The maximum absolute atomic E-state index is 14.6. The summed E-state index contributed by atoms with van der Waals surface area (Å²) >= 11 is 0. The summed E-state index contributed by atoms with van der Waals surface area (Å²) in [6.45, 7) is 17.3. The second-order valence-electron chi connectivity index (χ2n) is 13.4. The smallest absolute Gasteiger partial charge is 0.240 e. The lowest BCUT2D eigenvalue weighted by Gasteiger charge is -2.30. The lowest BCUT2D eigenvalue weighted by atomic mass is 9.91. The van der Waals surface area contributed by atoms with Gasteiger partial charge < -0.3 is 0 Å². The molecule has 0 bridgehead atoms. The Bertz CT molecular complexity index is 1890. The minimum Gasteiger partial charge on any atom is -0.281 e. The summed E-state index contributed by atoms with van der Waals surface area (Å²) in [6.07, 6.45) is 0. The zero-order valence-electron chi connectivity index (χ0n) is 28.0. The summed E-state index contributed by atoms with van der Waals surface area (Å²) in [6, 6.07) is 25.3. The number of fused-ring (bicyclic) bond motifs is 3. The Hall–Kier alpha value is -4.78. The van der Waals surface area contributed by atoms with Crippen LogP contribution in [0, 0.1) is 16.6 Å². The number of anilines is 2. The molecule has 0 radical (unpaired) electrons. The van der Waals surface area contributed by atoms with Gasteiger partial charge in [0.1, 0.15) is 5.82 Å². The predicted molar refractivity (Wildman–Crippen MR) is 192 cm³/mol. The van der Waals surface area contributed by atoms with Crippen molar-refractivity contribution in [1.29, 1.82) is 10.8 Å². The average molecular weight is 615 g/mol. The van der Waals surface area contributed by atoms with Crippen molar-refractivity contribution < 1.29 is 4.39 Å². The largest absolute Gasteiger partial charge is 0.281 e. The average Bonchev–Trinajstić information content (AvgIpc) is 3.45. The molecular weight excluding hydrogens is 571 g/mol. The number of aromatic nitrogens is 1. The van der Waals surface area contributed by atoms with Gasteiger partial charge in [-0.05, 0) is 70.2 Å². The number of nitrogens with one attached hydrogen (secondary N) is 2. The molecule has 1 fully saturated rings. The third-order valence-electron chi connectivity index (χ3n) is 9.00. The normalized spacial score (nSPS) is 14.1. The minimum absolute atomic E-state index is 0.0637.